The van der Waals surface area contributed by atoms with Crippen molar-refractivity contribution in [3.8, 4) is 0 Å². The molecule has 0 aliphatic carbocycles. The summed E-state index contributed by atoms with van der Waals surface area (Å²) in [6.07, 6.45) is -10.6. The van der Waals surface area contributed by atoms with Crippen LogP contribution < -0.4 is 22.8 Å². The molecule has 2 aliphatic heterocycles. The molecule has 2 saturated heterocycles. The molecule has 0 radical (unpaired) electrons. The molecule has 4 heterocycles. The minimum absolute atomic E-state index is 0.0973. The van der Waals surface area contributed by atoms with Gasteiger partial charge >= 0.3 is 27.5 Å². The Balaban J connectivity index is 1.46. The fourth-order valence-electron chi connectivity index (χ4n) is 4.04. The second-order valence-corrected chi connectivity index (χ2v) is 10.7. The van der Waals surface area contributed by atoms with Gasteiger partial charge in [-0.25, -0.2) is 14.2 Å². The maximum atomic E-state index is 12.8. The maximum Gasteiger partial charge on any atom is 0.694 e. The number of aromatic nitrogens is 4. The molecule has 2 aromatic rings. The van der Waals surface area contributed by atoms with E-state index in [-0.39, 0.29) is 11.6 Å². The van der Waals surface area contributed by atoms with Crippen LogP contribution in [-0.4, -0.2) is 94.0 Å². The third kappa shape index (κ3) is 6.60. The van der Waals surface area contributed by atoms with Gasteiger partial charge in [-0.05, 0) is 12.1 Å². The molecule has 0 aromatic carbocycles. The number of aliphatic hydroxyl groups excluding tert-OH is 3. The van der Waals surface area contributed by atoms with E-state index in [1.807, 2.05) is 0 Å². The highest BCUT2D eigenvalue weighted by molar-refractivity contribution is 7.47. The second-order valence-electron chi connectivity index (χ2n) is 8.55. The van der Waals surface area contributed by atoms with Crippen molar-refractivity contribution in [1.29, 1.82) is 0 Å². The maximum absolute atomic E-state index is 12.8. The Labute approximate surface area is 223 Å². The van der Waals surface area contributed by atoms with Crippen LogP contribution in [0.15, 0.2) is 34.1 Å². The van der Waals surface area contributed by atoms with Crippen LogP contribution >= 0.6 is 16.1 Å². The van der Waals surface area contributed by atoms with Crippen LogP contribution in [0.4, 0.5) is 11.6 Å². The Hall–Kier alpha value is -2.71. The fraction of sp³-hybridized carbons (Fsp3) is 0.556. The molecule has 40 heavy (non-hydrogen) atoms. The Morgan fingerprint density at radius 2 is 1.45 bits per heavy atom. The summed E-state index contributed by atoms with van der Waals surface area (Å²) in [6, 6.07) is 2.46. The van der Waals surface area contributed by atoms with E-state index in [1.165, 1.54) is 12.1 Å². The van der Waals surface area contributed by atoms with Gasteiger partial charge in [0, 0.05) is 17.0 Å². The number of phosphoric acid groups is 1. The van der Waals surface area contributed by atoms with E-state index in [2.05, 4.69) is 14.5 Å². The summed E-state index contributed by atoms with van der Waals surface area (Å²) < 4.78 is 50.9. The zero-order valence-corrected chi connectivity index (χ0v) is 21.9. The van der Waals surface area contributed by atoms with E-state index in [0.717, 1.165) is 21.5 Å². The summed E-state index contributed by atoms with van der Waals surface area (Å²) in [5.41, 5.74) is 9.04. The van der Waals surface area contributed by atoms with Gasteiger partial charge in [-0.1, -0.05) is 0 Å². The first-order chi connectivity index (χ1) is 18.8. The van der Waals surface area contributed by atoms with Crippen LogP contribution in [0.2, 0.25) is 0 Å². The largest absolute Gasteiger partial charge is 0.694 e. The normalized spacial score (nSPS) is 32.2. The van der Waals surface area contributed by atoms with E-state index < -0.39 is 89.8 Å². The Morgan fingerprint density at radius 3 is 1.98 bits per heavy atom. The minimum atomic E-state index is -5.13. The van der Waals surface area contributed by atoms with Crippen molar-refractivity contribution >= 4 is 27.7 Å². The van der Waals surface area contributed by atoms with E-state index >= 15 is 0 Å². The van der Waals surface area contributed by atoms with E-state index in [4.69, 9.17) is 34.9 Å². The van der Waals surface area contributed by atoms with Crippen molar-refractivity contribution in [2.24, 2.45) is 0 Å². The third-order valence-electron chi connectivity index (χ3n) is 5.90. The van der Waals surface area contributed by atoms with Crippen molar-refractivity contribution < 1.29 is 57.3 Å². The predicted molar refractivity (Wildman–Crippen MR) is 128 cm³/mol. The molecule has 0 spiro atoms. The molecule has 20 nitrogen and oxygen atoms in total. The van der Waals surface area contributed by atoms with Crippen LogP contribution in [0.5, 0.6) is 0 Å². The average molecular weight is 611 g/mol. The lowest BCUT2D eigenvalue weighted by molar-refractivity contribution is -0.0603. The molecule has 2 fully saturated rings. The molecule has 9 N–H and O–H groups in total. The molecule has 4 rings (SSSR count). The summed E-state index contributed by atoms with van der Waals surface area (Å²) in [4.78, 5) is 50.6. The predicted octanol–water partition coefficient (Wildman–Crippen LogP) is -3.29. The highest BCUT2D eigenvalue weighted by atomic mass is 31.2. The number of aliphatic hydroxyl groups is 3. The van der Waals surface area contributed by atoms with Crippen LogP contribution in [0.1, 0.15) is 12.5 Å². The van der Waals surface area contributed by atoms with Gasteiger partial charge in [-0.2, -0.15) is 9.97 Å². The molecule has 0 saturated carbocycles. The molecule has 2 aliphatic rings. The summed E-state index contributed by atoms with van der Waals surface area (Å²) in [6.45, 7) is -1.57. The minimum Gasteiger partial charge on any atom is -0.387 e. The number of ether oxygens (including phenoxy) is 2. The van der Waals surface area contributed by atoms with Crippen LogP contribution in [0, 0.1) is 0 Å². The zero-order chi connectivity index (χ0) is 29.4. The standard InChI is InChI=1S/C18H24N6O14P2/c19-9-1-3-23(17(28)21-9)15-12(26)11(25)7(36-15)6-35-40(32,33)38-14-8(5-34-39(30)31)37-16(13(14)27)24-4-2-10(20)22-18(24)29/h1-4,7-8,11-16,25-27H,5-6H2,(H5-,19,20,21,22,28,29,30,31,32,33)/p+1/t7-,8-,11-,12-,13-,14-,15-,16-/m1/s1. The quantitative estimate of drug-likeness (QED) is 0.129. The number of nitrogens with zero attached hydrogens (tertiary/aromatic N) is 4. The van der Waals surface area contributed by atoms with Gasteiger partial charge in [0.2, 0.25) is 0 Å². The lowest BCUT2D eigenvalue weighted by Crippen LogP contribution is -2.38. The molecule has 0 amide bonds. The van der Waals surface area contributed by atoms with Crippen molar-refractivity contribution in [2.75, 3.05) is 24.7 Å². The summed E-state index contributed by atoms with van der Waals surface area (Å²) >= 11 is 0. The van der Waals surface area contributed by atoms with Gasteiger partial charge in [0.25, 0.3) is 0 Å². The third-order valence-corrected chi connectivity index (χ3v) is 7.26. The Kier molecular flexibility index (Phi) is 9.10. The van der Waals surface area contributed by atoms with Gasteiger partial charge in [0.05, 0.1) is 6.61 Å². The highest BCUT2D eigenvalue weighted by Crippen LogP contribution is 2.49. The van der Waals surface area contributed by atoms with Crippen LogP contribution in [0.25, 0.3) is 0 Å². The van der Waals surface area contributed by atoms with E-state index in [1.54, 1.807) is 0 Å². The number of nitrogens with two attached hydrogens (primary N) is 2. The number of anilines is 2. The molecule has 2 aromatic heterocycles. The molecule has 10 atom stereocenters. The second kappa shape index (κ2) is 12.0. The lowest BCUT2D eigenvalue weighted by atomic mass is 10.1. The van der Waals surface area contributed by atoms with Crippen molar-refractivity contribution in [2.45, 2.75) is 49.1 Å². The van der Waals surface area contributed by atoms with Crippen molar-refractivity contribution in [1.82, 2.24) is 19.1 Å². The Morgan fingerprint density at radius 1 is 0.925 bits per heavy atom. The summed E-state index contributed by atoms with van der Waals surface area (Å²) in [5, 5.41) is 31.4. The van der Waals surface area contributed by atoms with Gasteiger partial charge in [0.1, 0.15) is 54.9 Å². The van der Waals surface area contributed by atoms with E-state index in [9.17, 15) is 38.9 Å². The molecule has 0 bridgehead atoms. The SMILES string of the molecule is Nc1ccn([C@@H]2O[C@H](COP(=O)(O)O[C@H]3[C@@H](O)[C@H](n4ccc(N)nc4=O)O[C@@H]3CO[P+](=O)O)[C@@H](O)[C@H]2O)c(=O)n1. The molecular weight excluding hydrogens is 586 g/mol. The summed E-state index contributed by atoms with van der Waals surface area (Å²) in [5.74, 6) is -0.229. The summed E-state index contributed by atoms with van der Waals surface area (Å²) in [7, 11) is -8.28. The smallest absolute Gasteiger partial charge is 0.387 e. The first-order valence-corrected chi connectivity index (χ1v) is 13.9. The van der Waals surface area contributed by atoms with Gasteiger partial charge in [-0.15, -0.1) is 9.42 Å². The van der Waals surface area contributed by atoms with Crippen molar-refractivity contribution in [3.05, 3.63) is 45.5 Å². The first-order valence-electron chi connectivity index (χ1n) is 11.3. The van der Waals surface area contributed by atoms with Gasteiger partial charge in [0.15, 0.2) is 12.5 Å². The molecule has 220 valence electrons. The van der Waals surface area contributed by atoms with E-state index in [0.29, 0.717) is 0 Å². The number of phosphoric ester groups is 1. The number of nitrogen functional groups attached to an aromatic ring is 2. The number of hydrogen-bond donors (Lipinski definition) is 7. The van der Waals surface area contributed by atoms with Crippen molar-refractivity contribution in [3.63, 3.8) is 0 Å². The lowest BCUT2D eigenvalue weighted by Gasteiger charge is -2.23. The fourth-order valence-corrected chi connectivity index (χ4v) is 5.28. The van der Waals surface area contributed by atoms with Gasteiger partial charge < -0.3 is 41.2 Å². The van der Waals surface area contributed by atoms with Crippen LogP contribution in [0.3, 0.4) is 0 Å². The average Bonchev–Trinajstić information content (AvgIpc) is 3.32. The topological polar surface area (TPSA) is 303 Å². The number of rotatable bonds is 10. The molecular formula is C18H25N6O14P2+. The Bertz CT molecular complexity index is 1410. The highest BCUT2D eigenvalue weighted by Gasteiger charge is 2.51. The monoisotopic (exact) mass is 611 g/mol. The molecule has 2 unspecified atom stereocenters. The van der Waals surface area contributed by atoms with Crippen LogP contribution in [-0.2, 0) is 32.2 Å². The zero-order valence-electron chi connectivity index (χ0n) is 20.1. The first kappa shape index (κ1) is 30.3. The molecule has 22 heteroatoms. The number of hydrogen-bond acceptors (Lipinski definition) is 16. The van der Waals surface area contributed by atoms with Gasteiger partial charge in [-0.3, -0.25) is 18.2 Å².